The molecule has 8 heteroatoms. The number of benzene rings is 2. The van der Waals surface area contributed by atoms with Crippen molar-refractivity contribution in [2.45, 2.75) is 38.1 Å². The summed E-state index contributed by atoms with van der Waals surface area (Å²) in [5.74, 6) is 0. The van der Waals surface area contributed by atoms with Crippen LogP contribution in [0.25, 0.3) is 0 Å². The zero-order valence-electron chi connectivity index (χ0n) is 17.6. The Morgan fingerprint density at radius 2 is 1.23 bits per heavy atom. The first-order valence-electron chi connectivity index (χ1n) is 10.4. The SMILES string of the molecule is CNC(N)NCCCCCCNC(N)CN(c1ccc(Cl)cc1)c1ccc(Cl)cc1. The molecule has 2 aromatic carbocycles. The fourth-order valence-corrected chi connectivity index (χ4v) is 3.37. The van der Waals surface area contributed by atoms with Crippen molar-refractivity contribution in [1.29, 1.82) is 0 Å². The summed E-state index contributed by atoms with van der Waals surface area (Å²) >= 11 is 12.1. The lowest BCUT2D eigenvalue weighted by Crippen LogP contribution is -2.47. The van der Waals surface area contributed by atoms with Gasteiger partial charge in [0.05, 0.1) is 12.7 Å². The Hall–Kier alpha value is -1.38. The molecule has 0 aliphatic carbocycles. The second-order valence-corrected chi connectivity index (χ2v) is 8.13. The molecule has 0 saturated carbocycles. The van der Waals surface area contributed by atoms with Gasteiger partial charge >= 0.3 is 0 Å². The van der Waals surface area contributed by atoms with Gasteiger partial charge in [0.1, 0.15) is 6.29 Å². The number of nitrogens with zero attached hydrogens (tertiary/aromatic N) is 1. The zero-order valence-corrected chi connectivity index (χ0v) is 19.1. The number of hydrogen-bond acceptors (Lipinski definition) is 6. The van der Waals surface area contributed by atoms with Crippen molar-refractivity contribution in [3.05, 3.63) is 58.6 Å². The predicted octanol–water partition coefficient (Wildman–Crippen LogP) is 3.62. The minimum absolute atomic E-state index is 0.131. The number of halogens is 2. The van der Waals surface area contributed by atoms with Gasteiger partial charge in [0.25, 0.3) is 0 Å². The van der Waals surface area contributed by atoms with E-state index in [-0.39, 0.29) is 12.5 Å². The molecule has 0 saturated heterocycles. The van der Waals surface area contributed by atoms with Gasteiger partial charge in [-0.05, 0) is 81.5 Å². The molecule has 2 aromatic rings. The van der Waals surface area contributed by atoms with Crippen molar-refractivity contribution in [1.82, 2.24) is 16.0 Å². The normalized spacial score (nSPS) is 13.2. The number of unbranched alkanes of at least 4 members (excludes halogenated alkanes) is 3. The summed E-state index contributed by atoms with van der Waals surface area (Å²) < 4.78 is 0. The van der Waals surface area contributed by atoms with Crippen LogP contribution >= 0.6 is 23.2 Å². The van der Waals surface area contributed by atoms with Gasteiger partial charge in [-0.3, -0.25) is 10.6 Å². The Balaban J connectivity index is 1.78. The first kappa shape index (κ1) is 24.9. The fraction of sp³-hybridized carbons (Fsp3) is 0.455. The van der Waals surface area contributed by atoms with Crippen LogP contribution in [-0.4, -0.2) is 39.1 Å². The second-order valence-electron chi connectivity index (χ2n) is 7.26. The highest BCUT2D eigenvalue weighted by Crippen LogP contribution is 2.27. The Morgan fingerprint density at radius 3 is 1.70 bits per heavy atom. The van der Waals surface area contributed by atoms with Crippen LogP contribution in [0, 0.1) is 0 Å². The average molecular weight is 453 g/mol. The molecule has 0 radical (unpaired) electrons. The van der Waals surface area contributed by atoms with Crippen LogP contribution in [0.4, 0.5) is 11.4 Å². The molecule has 0 spiro atoms. The van der Waals surface area contributed by atoms with Crippen molar-refractivity contribution in [2.75, 3.05) is 31.6 Å². The van der Waals surface area contributed by atoms with Crippen molar-refractivity contribution in [3.8, 4) is 0 Å². The third kappa shape index (κ3) is 9.18. The molecule has 7 N–H and O–H groups in total. The molecule has 0 aliphatic rings. The predicted molar refractivity (Wildman–Crippen MR) is 129 cm³/mol. The molecule has 2 rings (SSSR count). The Bertz CT molecular complexity index is 665. The van der Waals surface area contributed by atoms with Crippen LogP contribution in [0.1, 0.15) is 25.7 Å². The molecule has 2 unspecified atom stereocenters. The summed E-state index contributed by atoms with van der Waals surface area (Å²) in [7, 11) is 1.84. The fourth-order valence-electron chi connectivity index (χ4n) is 3.11. The molecule has 30 heavy (non-hydrogen) atoms. The topological polar surface area (TPSA) is 91.4 Å². The quantitative estimate of drug-likeness (QED) is 0.222. The van der Waals surface area contributed by atoms with E-state index in [4.69, 9.17) is 34.7 Å². The van der Waals surface area contributed by atoms with Crippen molar-refractivity contribution >= 4 is 34.6 Å². The van der Waals surface area contributed by atoms with Crippen molar-refractivity contribution in [3.63, 3.8) is 0 Å². The van der Waals surface area contributed by atoms with E-state index in [9.17, 15) is 0 Å². The maximum absolute atomic E-state index is 6.38. The molecule has 0 amide bonds. The number of rotatable bonds is 14. The zero-order chi connectivity index (χ0) is 21.8. The third-order valence-electron chi connectivity index (χ3n) is 4.84. The maximum Gasteiger partial charge on any atom is 0.109 e. The van der Waals surface area contributed by atoms with Gasteiger partial charge in [-0.25, -0.2) is 0 Å². The summed E-state index contributed by atoms with van der Waals surface area (Å²) in [6, 6.07) is 15.5. The first-order valence-corrected chi connectivity index (χ1v) is 11.2. The third-order valence-corrected chi connectivity index (χ3v) is 5.35. The molecule has 6 nitrogen and oxygen atoms in total. The summed E-state index contributed by atoms with van der Waals surface area (Å²) in [6.07, 6.45) is 4.24. The van der Waals surface area contributed by atoms with Crippen LogP contribution in [0.15, 0.2) is 48.5 Å². The lowest BCUT2D eigenvalue weighted by molar-refractivity contribution is 0.452. The first-order chi connectivity index (χ1) is 14.5. The van der Waals surface area contributed by atoms with Crippen LogP contribution in [0.5, 0.6) is 0 Å². The van der Waals surface area contributed by atoms with E-state index in [2.05, 4.69) is 20.9 Å². The van der Waals surface area contributed by atoms with Gasteiger partial charge in [0.2, 0.25) is 0 Å². The summed E-state index contributed by atoms with van der Waals surface area (Å²) in [5, 5.41) is 11.0. The lowest BCUT2D eigenvalue weighted by atomic mass is 10.2. The summed E-state index contributed by atoms with van der Waals surface area (Å²) in [6.45, 7) is 2.45. The van der Waals surface area contributed by atoms with Gasteiger partial charge in [-0.15, -0.1) is 0 Å². The number of nitrogens with two attached hydrogens (primary N) is 2. The lowest BCUT2D eigenvalue weighted by Gasteiger charge is -2.28. The van der Waals surface area contributed by atoms with Crippen LogP contribution in [0.2, 0.25) is 10.0 Å². The smallest absolute Gasteiger partial charge is 0.109 e. The minimum Gasteiger partial charge on any atom is -0.339 e. The van der Waals surface area contributed by atoms with E-state index in [1.54, 1.807) is 0 Å². The van der Waals surface area contributed by atoms with Gasteiger partial charge in [0.15, 0.2) is 0 Å². The molecule has 0 bridgehead atoms. The molecule has 0 heterocycles. The van der Waals surface area contributed by atoms with Crippen molar-refractivity contribution < 1.29 is 0 Å². The summed E-state index contributed by atoms with van der Waals surface area (Å²) in [4.78, 5) is 2.17. The highest BCUT2D eigenvalue weighted by Gasteiger charge is 2.13. The van der Waals surface area contributed by atoms with Gasteiger partial charge in [-0.1, -0.05) is 36.0 Å². The van der Waals surface area contributed by atoms with Gasteiger partial charge < -0.3 is 21.7 Å². The average Bonchev–Trinajstić information content (AvgIpc) is 2.75. The van der Waals surface area contributed by atoms with E-state index in [0.717, 1.165) is 43.7 Å². The van der Waals surface area contributed by atoms with Crippen LogP contribution in [-0.2, 0) is 0 Å². The Labute approximate surface area is 190 Å². The van der Waals surface area contributed by atoms with Gasteiger partial charge in [0, 0.05) is 21.4 Å². The Morgan fingerprint density at radius 1 is 0.767 bits per heavy atom. The molecule has 166 valence electrons. The molecular formula is C22H34Cl2N6. The number of anilines is 2. The molecule has 0 fully saturated rings. The van der Waals surface area contributed by atoms with Crippen LogP contribution < -0.4 is 32.3 Å². The van der Waals surface area contributed by atoms with E-state index < -0.39 is 0 Å². The van der Waals surface area contributed by atoms with Crippen molar-refractivity contribution in [2.24, 2.45) is 11.5 Å². The largest absolute Gasteiger partial charge is 0.339 e. The summed E-state index contributed by atoms with van der Waals surface area (Å²) in [5.41, 5.74) is 14.2. The monoisotopic (exact) mass is 452 g/mol. The van der Waals surface area contributed by atoms with Gasteiger partial charge in [-0.2, -0.15) is 0 Å². The standard InChI is InChI=1S/C22H34Cl2N6/c1-27-22(26)29-15-5-3-2-4-14-28-21(25)16-30(19-10-6-17(23)7-11-19)20-12-8-18(24)9-13-20/h6-13,21-22,27-29H,2-5,14-16,25-26H2,1H3. The molecule has 0 aliphatic heterocycles. The molecular weight excluding hydrogens is 419 g/mol. The highest BCUT2D eigenvalue weighted by atomic mass is 35.5. The maximum atomic E-state index is 6.38. The van der Waals surface area contributed by atoms with E-state index in [1.165, 1.54) is 6.42 Å². The Kier molecular flexibility index (Phi) is 11.5. The van der Waals surface area contributed by atoms with Crippen LogP contribution in [0.3, 0.4) is 0 Å². The highest BCUT2D eigenvalue weighted by molar-refractivity contribution is 6.31. The second kappa shape index (κ2) is 13.8. The number of hydrogen-bond donors (Lipinski definition) is 5. The van der Waals surface area contributed by atoms with E-state index in [0.29, 0.717) is 16.6 Å². The molecule has 2 atom stereocenters. The molecule has 0 aromatic heterocycles. The van der Waals surface area contributed by atoms with E-state index in [1.807, 2.05) is 55.6 Å². The van der Waals surface area contributed by atoms with E-state index >= 15 is 0 Å². The number of nitrogens with one attached hydrogen (secondary N) is 3. The minimum atomic E-state index is -0.161.